The number of nitrogens with zero attached hydrogens (tertiary/aromatic N) is 4. The maximum Gasteiger partial charge on any atom is 0.261 e. The molecule has 130 valence electrons. The van der Waals surface area contributed by atoms with Crippen LogP contribution in [0.3, 0.4) is 0 Å². The van der Waals surface area contributed by atoms with Gasteiger partial charge in [-0.2, -0.15) is 0 Å². The number of amides is 3. The molecule has 8 nitrogen and oxygen atoms in total. The number of carbonyl (C=O) groups excluding carboxylic acids is 3. The predicted octanol–water partition coefficient (Wildman–Crippen LogP) is 1.74. The van der Waals surface area contributed by atoms with Crippen molar-refractivity contribution in [2.45, 2.75) is 12.8 Å². The largest absolute Gasteiger partial charge is 0.325 e. The SMILES string of the molecule is O=C(CCCN1C(=O)c2ccccc2C1=O)Nc1ccc2nncn2c1. The first-order valence-electron chi connectivity index (χ1n) is 8.18. The minimum atomic E-state index is -0.302. The Kier molecular flexibility index (Phi) is 3.92. The second kappa shape index (κ2) is 6.40. The highest BCUT2D eigenvalue weighted by Gasteiger charge is 2.34. The zero-order valence-corrected chi connectivity index (χ0v) is 13.8. The van der Waals surface area contributed by atoms with Gasteiger partial charge in [0.15, 0.2) is 5.65 Å². The third-order valence-corrected chi connectivity index (χ3v) is 4.24. The molecule has 3 amide bonds. The Labute approximate surface area is 148 Å². The van der Waals surface area contributed by atoms with Crippen LogP contribution in [0.1, 0.15) is 33.6 Å². The number of carbonyl (C=O) groups is 3. The van der Waals surface area contributed by atoms with Crippen molar-refractivity contribution in [3.8, 4) is 0 Å². The summed E-state index contributed by atoms with van der Waals surface area (Å²) in [6.07, 6.45) is 3.87. The van der Waals surface area contributed by atoms with Crippen LogP contribution < -0.4 is 5.32 Å². The zero-order chi connectivity index (χ0) is 18.1. The fourth-order valence-corrected chi connectivity index (χ4v) is 2.96. The zero-order valence-electron chi connectivity index (χ0n) is 13.8. The van der Waals surface area contributed by atoms with E-state index < -0.39 is 0 Å². The van der Waals surface area contributed by atoms with Gasteiger partial charge >= 0.3 is 0 Å². The number of nitrogens with one attached hydrogen (secondary N) is 1. The lowest BCUT2D eigenvalue weighted by atomic mass is 10.1. The first-order chi connectivity index (χ1) is 12.6. The van der Waals surface area contributed by atoms with Gasteiger partial charge in [0.1, 0.15) is 6.33 Å². The van der Waals surface area contributed by atoms with E-state index in [1.807, 2.05) is 0 Å². The van der Waals surface area contributed by atoms with Crippen LogP contribution in [0.4, 0.5) is 5.69 Å². The monoisotopic (exact) mass is 349 g/mol. The molecular weight excluding hydrogens is 334 g/mol. The number of hydrogen-bond acceptors (Lipinski definition) is 5. The Morgan fingerprint density at radius 1 is 1.04 bits per heavy atom. The Bertz CT molecular complexity index is 991. The second-order valence-electron chi connectivity index (χ2n) is 5.97. The van der Waals surface area contributed by atoms with Gasteiger partial charge in [0.25, 0.3) is 11.8 Å². The second-order valence-corrected chi connectivity index (χ2v) is 5.97. The van der Waals surface area contributed by atoms with E-state index in [4.69, 9.17) is 0 Å². The molecular formula is C18H15N5O3. The lowest BCUT2D eigenvalue weighted by Gasteiger charge is -2.13. The molecule has 3 aromatic rings. The Hall–Kier alpha value is -3.55. The summed E-state index contributed by atoms with van der Waals surface area (Å²) in [7, 11) is 0. The van der Waals surface area contributed by atoms with E-state index in [2.05, 4.69) is 15.5 Å². The van der Waals surface area contributed by atoms with Gasteiger partial charge in [-0.1, -0.05) is 12.1 Å². The predicted molar refractivity (Wildman–Crippen MR) is 92.7 cm³/mol. The molecule has 0 spiro atoms. The highest BCUT2D eigenvalue weighted by atomic mass is 16.2. The van der Waals surface area contributed by atoms with Crippen LogP contribution in [0, 0.1) is 0 Å². The van der Waals surface area contributed by atoms with E-state index in [-0.39, 0.29) is 30.7 Å². The molecule has 1 N–H and O–H groups in total. The van der Waals surface area contributed by atoms with E-state index in [0.717, 1.165) is 0 Å². The van der Waals surface area contributed by atoms with Crippen molar-refractivity contribution in [2.24, 2.45) is 0 Å². The molecule has 8 heteroatoms. The van der Waals surface area contributed by atoms with Gasteiger partial charge in [0, 0.05) is 19.2 Å². The van der Waals surface area contributed by atoms with Crippen LogP contribution >= 0.6 is 0 Å². The molecule has 0 radical (unpaired) electrons. The van der Waals surface area contributed by atoms with Crippen molar-refractivity contribution in [3.63, 3.8) is 0 Å². The molecule has 1 aliphatic heterocycles. The quantitative estimate of drug-likeness (QED) is 0.708. The topological polar surface area (TPSA) is 96.7 Å². The van der Waals surface area contributed by atoms with Gasteiger partial charge in [-0.15, -0.1) is 10.2 Å². The molecule has 3 heterocycles. The number of pyridine rings is 1. The molecule has 1 aromatic carbocycles. The minimum absolute atomic E-state index is 0.186. The van der Waals surface area contributed by atoms with Crippen LogP contribution in [0.5, 0.6) is 0 Å². The van der Waals surface area contributed by atoms with E-state index in [1.54, 1.807) is 53.3 Å². The molecule has 0 atom stereocenters. The summed E-state index contributed by atoms with van der Waals surface area (Å²) in [4.78, 5) is 37.8. The van der Waals surface area contributed by atoms with Crippen molar-refractivity contribution < 1.29 is 14.4 Å². The maximum atomic E-state index is 12.3. The summed E-state index contributed by atoms with van der Waals surface area (Å²) < 4.78 is 1.70. The first-order valence-corrected chi connectivity index (χ1v) is 8.18. The average molecular weight is 349 g/mol. The summed E-state index contributed by atoms with van der Waals surface area (Å²) in [6, 6.07) is 10.2. The van der Waals surface area contributed by atoms with Crippen LogP contribution in [0.2, 0.25) is 0 Å². The maximum absolute atomic E-state index is 12.3. The van der Waals surface area contributed by atoms with Crippen molar-refractivity contribution in [3.05, 3.63) is 60.0 Å². The molecule has 0 saturated carbocycles. The first kappa shape index (κ1) is 15.9. The van der Waals surface area contributed by atoms with Gasteiger partial charge in [-0.05, 0) is 30.7 Å². The number of anilines is 1. The summed E-state index contributed by atoms with van der Waals surface area (Å²) in [5.74, 6) is -0.790. The van der Waals surface area contributed by atoms with E-state index in [0.29, 0.717) is 28.9 Å². The molecule has 26 heavy (non-hydrogen) atoms. The van der Waals surface area contributed by atoms with Gasteiger partial charge in [0.05, 0.1) is 16.8 Å². The highest BCUT2D eigenvalue weighted by molar-refractivity contribution is 6.21. The summed E-state index contributed by atoms with van der Waals surface area (Å²) in [5.41, 5.74) is 2.16. The van der Waals surface area contributed by atoms with Crippen molar-refractivity contribution in [2.75, 3.05) is 11.9 Å². The summed E-state index contributed by atoms with van der Waals surface area (Å²) in [5, 5.41) is 10.5. The van der Waals surface area contributed by atoms with Crippen molar-refractivity contribution in [1.82, 2.24) is 19.5 Å². The van der Waals surface area contributed by atoms with Crippen LogP contribution in [-0.2, 0) is 4.79 Å². The van der Waals surface area contributed by atoms with Gasteiger partial charge < -0.3 is 5.32 Å². The molecule has 2 aromatic heterocycles. The number of fused-ring (bicyclic) bond motifs is 2. The third kappa shape index (κ3) is 2.81. The normalized spacial score (nSPS) is 13.3. The van der Waals surface area contributed by atoms with E-state index >= 15 is 0 Å². The fraction of sp³-hybridized carbons (Fsp3) is 0.167. The average Bonchev–Trinajstić information content (AvgIpc) is 3.20. The molecule has 0 fully saturated rings. The minimum Gasteiger partial charge on any atom is -0.325 e. The van der Waals surface area contributed by atoms with Crippen LogP contribution in [0.15, 0.2) is 48.9 Å². The van der Waals surface area contributed by atoms with Gasteiger partial charge in [0.2, 0.25) is 5.91 Å². The lowest BCUT2D eigenvalue weighted by molar-refractivity contribution is -0.116. The lowest BCUT2D eigenvalue weighted by Crippen LogP contribution is -2.31. The number of aromatic nitrogens is 3. The molecule has 1 aliphatic rings. The Morgan fingerprint density at radius 3 is 2.50 bits per heavy atom. The van der Waals surface area contributed by atoms with E-state index in [1.165, 1.54) is 4.90 Å². The third-order valence-electron chi connectivity index (χ3n) is 4.24. The number of hydrogen-bond donors (Lipinski definition) is 1. The molecule has 0 aliphatic carbocycles. The standard InChI is InChI=1S/C18H15N5O3/c24-16(20-12-7-8-15-21-19-11-22(15)10-12)6-3-9-23-17(25)13-4-1-2-5-14(13)18(23)26/h1-2,4-5,7-8,10-11H,3,6,9H2,(H,20,24). The Morgan fingerprint density at radius 2 is 1.77 bits per heavy atom. The van der Waals surface area contributed by atoms with Crippen molar-refractivity contribution in [1.29, 1.82) is 0 Å². The van der Waals surface area contributed by atoms with Crippen molar-refractivity contribution >= 4 is 29.1 Å². The van der Waals surface area contributed by atoms with Gasteiger partial charge in [-0.25, -0.2) is 0 Å². The number of benzene rings is 1. The highest BCUT2D eigenvalue weighted by Crippen LogP contribution is 2.22. The van der Waals surface area contributed by atoms with Crippen LogP contribution in [0.25, 0.3) is 5.65 Å². The fourth-order valence-electron chi connectivity index (χ4n) is 2.96. The molecule has 0 saturated heterocycles. The number of rotatable bonds is 5. The Balaban J connectivity index is 1.33. The van der Waals surface area contributed by atoms with Crippen LogP contribution in [-0.4, -0.2) is 43.8 Å². The molecule has 4 rings (SSSR count). The van der Waals surface area contributed by atoms with E-state index in [9.17, 15) is 14.4 Å². The molecule has 0 unspecified atom stereocenters. The smallest absolute Gasteiger partial charge is 0.261 e. The summed E-state index contributed by atoms with van der Waals surface area (Å²) >= 11 is 0. The molecule has 0 bridgehead atoms. The number of imide groups is 1. The van der Waals surface area contributed by atoms with Gasteiger partial charge in [-0.3, -0.25) is 23.7 Å². The summed E-state index contributed by atoms with van der Waals surface area (Å²) in [6.45, 7) is 0.213.